The van der Waals surface area contributed by atoms with Gasteiger partial charge < -0.3 is 25.2 Å². The molecule has 2 aliphatic heterocycles. The van der Waals surface area contributed by atoms with E-state index in [0.717, 1.165) is 55.1 Å². The maximum Gasteiger partial charge on any atom is 0.219 e. The molecule has 0 spiro atoms. The minimum absolute atomic E-state index is 0.121. The zero-order valence-electron chi connectivity index (χ0n) is 18.9. The van der Waals surface area contributed by atoms with Gasteiger partial charge in [0.05, 0.1) is 29.6 Å². The van der Waals surface area contributed by atoms with Crippen molar-refractivity contribution in [3.05, 3.63) is 35.5 Å². The number of nitrogens with zero attached hydrogens (tertiary/aromatic N) is 5. The number of aromatic nitrogens is 3. The van der Waals surface area contributed by atoms with E-state index in [1.807, 2.05) is 23.2 Å². The van der Waals surface area contributed by atoms with Crippen LogP contribution in [0, 0.1) is 0 Å². The molecule has 3 aromatic rings. The molecule has 11 heteroatoms. The van der Waals surface area contributed by atoms with E-state index in [1.165, 1.54) is 17.5 Å². The fourth-order valence-electron chi connectivity index (χ4n) is 4.36. The summed E-state index contributed by atoms with van der Waals surface area (Å²) in [5.41, 5.74) is 2.55. The molecule has 176 valence electrons. The Labute approximate surface area is 201 Å². The van der Waals surface area contributed by atoms with Gasteiger partial charge in [-0.05, 0) is 24.6 Å². The average Bonchev–Trinajstić information content (AvgIpc) is 3.23. The summed E-state index contributed by atoms with van der Waals surface area (Å²) in [6.45, 7) is 4.61. The summed E-state index contributed by atoms with van der Waals surface area (Å²) in [4.78, 5) is 41.3. The van der Waals surface area contributed by atoms with Crippen molar-refractivity contribution < 1.29 is 14.3 Å². The van der Waals surface area contributed by atoms with Gasteiger partial charge in [-0.1, -0.05) is 11.3 Å². The molecule has 1 atom stereocenters. The van der Waals surface area contributed by atoms with Gasteiger partial charge >= 0.3 is 0 Å². The second-order valence-electron chi connectivity index (χ2n) is 8.18. The number of thiazole rings is 1. The van der Waals surface area contributed by atoms with Crippen molar-refractivity contribution in [2.24, 2.45) is 0 Å². The van der Waals surface area contributed by atoms with Crippen molar-refractivity contribution in [1.82, 2.24) is 19.9 Å². The monoisotopic (exact) mass is 479 g/mol. The second kappa shape index (κ2) is 9.26. The van der Waals surface area contributed by atoms with E-state index in [1.54, 1.807) is 14.0 Å². The number of hydrogen-bond donors (Lipinski definition) is 2. The number of aldehydes is 1. The van der Waals surface area contributed by atoms with Crippen LogP contribution in [0.25, 0.3) is 11.3 Å². The molecule has 0 aromatic carbocycles. The summed E-state index contributed by atoms with van der Waals surface area (Å²) in [6, 6.07) is 6.04. The number of ether oxygens (including phenoxy) is 1. The molecule has 1 fully saturated rings. The summed E-state index contributed by atoms with van der Waals surface area (Å²) in [6.07, 6.45) is 5.04. The first-order valence-electron chi connectivity index (χ1n) is 11.0. The number of carbonyl (C=O) groups excluding carboxylic acids is 2. The highest BCUT2D eigenvalue weighted by Gasteiger charge is 2.32. The van der Waals surface area contributed by atoms with Crippen LogP contribution in [-0.2, 0) is 4.79 Å². The molecule has 1 unspecified atom stereocenters. The number of hydrogen-bond acceptors (Lipinski definition) is 10. The first kappa shape index (κ1) is 22.1. The van der Waals surface area contributed by atoms with E-state index in [9.17, 15) is 9.59 Å². The molecule has 1 saturated heterocycles. The van der Waals surface area contributed by atoms with Crippen LogP contribution in [0.2, 0.25) is 0 Å². The van der Waals surface area contributed by atoms with E-state index in [4.69, 9.17) is 14.7 Å². The Hall–Kier alpha value is -3.73. The van der Waals surface area contributed by atoms with Crippen LogP contribution in [0.3, 0.4) is 0 Å². The van der Waals surface area contributed by atoms with E-state index < -0.39 is 0 Å². The Bertz CT molecular complexity index is 1230. The summed E-state index contributed by atoms with van der Waals surface area (Å²) in [5.74, 6) is 2.11. The van der Waals surface area contributed by atoms with Gasteiger partial charge in [0.15, 0.2) is 28.8 Å². The third-order valence-corrected chi connectivity index (χ3v) is 6.94. The number of amides is 1. The molecule has 0 aliphatic carbocycles. The van der Waals surface area contributed by atoms with E-state index in [0.29, 0.717) is 28.1 Å². The van der Waals surface area contributed by atoms with Crippen LogP contribution in [0.1, 0.15) is 23.0 Å². The molecular formula is C23H25N7O3S. The quantitative estimate of drug-likeness (QED) is 0.533. The molecule has 0 bridgehead atoms. The van der Waals surface area contributed by atoms with Crippen LogP contribution >= 0.6 is 11.3 Å². The second-order valence-corrected chi connectivity index (χ2v) is 9.24. The van der Waals surface area contributed by atoms with Crippen molar-refractivity contribution in [3.63, 3.8) is 0 Å². The van der Waals surface area contributed by atoms with Gasteiger partial charge in [-0.15, -0.1) is 0 Å². The topological polar surface area (TPSA) is 113 Å². The number of fused-ring (bicyclic) bond motifs is 3. The predicted octanol–water partition coefficient (Wildman–Crippen LogP) is 3.02. The Kier molecular flexibility index (Phi) is 6.01. The predicted molar refractivity (Wildman–Crippen MR) is 131 cm³/mol. The first-order valence-corrected chi connectivity index (χ1v) is 11.9. The zero-order chi connectivity index (χ0) is 23.7. The van der Waals surface area contributed by atoms with Crippen molar-refractivity contribution >= 4 is 46.0 Å². The highest BCUT2D eigenvalue weighted by Crippen LogP contribution is 2.35. The number of anilines is 4. The number of carbonyl (C=O) groups is 2. The van der Waals surface area contributed by atoms with Crippen LogP contribution in [-0.4, -0.2) is 71.4 Å². The number of rotatable bonds is 5. The third-order valence-electron chi connectivity index (χ3n) is 6.10. The van der Waals surface area contributed by atoms with Crippen molar-refractivity contribution in [1.29, 1.82) is 0 Å². The lowest BCUT2D eigenvalue weighted by Gasteiger charge is -2.41. The lowest BCUT2D eigenvalue weighted by molar-refractivity contribution is -0.129. The zero-order valence-corrected chi connectivity index (χ0v) is 19.8. The first-order chi connectivity index (χ1) is 16.6. The van der Waals surface area contributed by atoms with Gasteiger partial charge in [0, 0.05) is 50.9 Å². The molecule has 5 heterocycles. The molecule has 10 nitrogen and oxygen atoms in total. The molecule has 2 aliphatic rings. The van der Waals surface area contributed by atoms with Gasteiger partial charge in [-0.25, -0.2) is 15.0 Å². The molecule has 0 radical (unpaired) electrons. The third kappa shape index (κ3) is 4.26. The van der Waals surface area contributed by atoms with Gasteiger partial charge in [0.25, 0.3) is 0 Å². The van der Waals surface area contributed by atoms with Crippen LogP contribution < -0.4 is 20.3 Å². The smallest absolute Gasteiger partial charge is 0.219 e. The molecule has 3 aromatic heterocycles. The summed E-state index contributed by atoms with van der Waals surface area (Å²) in [7, 11) is 1.58. The summed E-state index contributed by atoms with van der Waals surface area (Å²) in [5, 5.41) is 7.21. The van der Waals surface area contributed by atoms with Gasteiger partial charge in [0.1, 0.15) is 0 Å². The van der Waals surface area contributed by atoms with Crippen molar-refractivity contribution in [2.75, 3.05) is 48.8 Å². The van der Waals surface area contributed by atoms with Crippen molar-refractivity contribution in [2.45, 2.75) is 19.4 Å². The molecular weight excluding hydrogens is 454 g/mol. The molecule has 2 N–H and O–H groups in total. The Morgan fingerprint density at radius 1 is 1.29 bits per heavy atom. The average molecular weight is 480 g/mol. The maximum atomic E-state index is 11.8. The van der Waals surface area contributed by atoms with E-state index in [-0.39, 0.29) is 11.9 Å². The number of piperazine rings is 1. The molecule has 34 heavy (non-hydrogen) atoms. The van der Waals surface area contributed by atoms with Gasteiger partial charge in [0.2, 0.25) is 5.91 Å². The van der Waals surface area contributed by atoms with Crippen LogP contribution in [0.5, 0.6) is 5.75 Å². The minimum Gasteiger partial charge on any atom is -0.493 e. The van der Waals surface area contributed by atoms with Crippen LogP contribution in [0.15, 0.2) is 30.6 Å². The molecule has 5 rings (SSSR count). The number of pyridine rings is 2. The van der Waals surface area contributed by atoms with Gasteiger partial charge in [-0.2, -0.15) is 0 Å². The SMILES string of the molecule is COc1ccc(-c2cnc3c(c2)NCCC2CN(C(C)=O)CCN32)nc1Nc1ncc(C=O)s1. The lowest BCUT2D eigenvalue weighted by atomic mass is 10.1. The fourth-order valence-corrected chi connectivity index (χ4v) is 4.99. The highest BCUT2D eigenvalue weighted by atomic mass is 32.1. The number of nitrogens with one attached hydrogen (secondary N) is 2. The lowest BCUT2D eigenvalue weighted by Crippen LogP contribution is -2.54. The summed E-state index contributed by atoms with van der Waals surface area (Å²) < 4.78 is 5.45. The largest absolute Gasteiger partial charge is 0.493 e. The van der Waals surface area contributed by atoms with Crippen molar-refractivity contribution in [3.8, 4) is 17.0 Å². The molecule has 1 amide bonds. The Morgan fingerprint density at radius 2 is 2.18 bits per heavy atom. The maximum absolute atomic E-state index is 11.8. The standard InChI is InChI=1S/C23H25N7O3S/c1-14(32)29-7-8-30-16(12-29)5-6-24-19-9-15(10-25-22(19)30)18-3-4-20(33-2)21(27-18)28-23-26-11-17(13-31)34-23/h3-4,9-11,13,16,24H,5-8,12H2,1-2H3,(H,26,27,28). The van der Waals surface area contributed by atoms with Gasteiger partial charge in [-0.3, -0.25) is 9.59 Å². The Balaban J connectivity index is 1.43. The van der Waals surface area contributed by atoms with E-state index >= 15 is 0 Å². The highest BCUT2D eigenvalue weighted by molar-refractivity contribution is 7.17. The normalized spacial score (nSPS) is 17.2. The molecule has 0 saturated carbocycles. The van der Waals surface area contributed by atoms with E-state index in [2.05, 4.69) is 26.6 Å². The summed E-state index contributed by atoms with van der Waals surface area (Å²) >= 11 is 1.24. The van der Waals surface area contributed by atoms with Crippen LogP contribution in [0.4, 0.5) is 22.5 Å². The fraction of sp³-hybridized carbons (Fsp3) is 0.348. The number of methoxy groups -OCH3 is 1. The Morgan fingerprint density at radius 3 is 2.94 bits per heavy atom. The minimum atomic E-state index is 0.121.